The van der Waals surface area contributed by atoms with E-state index in [9.17, 15) is 4.79 Å². The monoisotopic (exact) mass is 303 g/mol. The molecule has 0 radical (unpaired) electrons. The van der Waals surface area contributed by atoms with Crippen molar-refractivity contribution in [2.24, 2.45) is 0 Å². The van der Waals surface area contributed by atoms with Gasteiger partial charge in [0.2, 0.25) is 5.91 Å². The van der Waals surface area contributed by atoms with Crippen LogP contribution in [0, 0.1) is 0 Å². The molecule has 0 bridgehead atoms. The second-order valence-corrected chi connectivity index (χ2v) is 5.12. The minimum atomic E-state index is 0. The number of nitrogen functional groups attached to an aromatic ring is 1. The van der Waals surface area contributed by atoms with E-state index in [2.05, 4.69) is 22.4 Å². The molecule has 110 valence electrons. The number of aryl methyl sites for hydroxylation is 1. The highest BCUT2D eigenvalue weighted by Gasteiger charge is 2.23. The van der Waals surface area contributed by atoms with E-state index in [-0.39, 0.29) is 24.4 Å². The second kappa shape index (κ2) is 6.59. The molecule has 5 heteroatoms. The molecule has 2 aromatic rings. The van der Waals surface area contributed by atoms with Gasteiger partial charge in [-0.3, -0.25) is 9.78 Å². The highest BCUT2D eigenvalue weighted by Crippen LogP contribution is 2.30. The SMILES string of the molecule is Cl.Nc1ccc(CC(=O)NC2CCc3ccccc32)nc1. The molecule has 0 fully saturated rings. The highest BCUT2D eigenvalue weighted by molar-refractivity contribution is 5.85. The summed E-state index contributed by atoms with van der Waals surface area (Å²) in [5.41, 5.74) is 9.51. The maximum atomic E-state index is 12.1. The van der Waals surface area contributed by atoms with Crippen molar-refractivity contribution in [2.75, 3.05) is 5.73 Å². The summed E-state index contributed by atoms with van der Waals surface area (Å²) in [7, 11) is 0. The minimum Gasteiger partial charge on any atom is -0.397 e. The molecular formula is C16H18ClN3O. The van der Waals surface area contributed by atoms with Gasteiger partial charge in [-0.05, 0) is 36.1 Å². The normalized spacial score (nSPS) is 15.9. The molecule has 1 amide bonds. The second-order valence-electron chi connectivity index (χ2n) is 5.12. The number of benzene rings is 1. The average Bonchev–Trinajstić information content (AvgIpc) is 2.85. The number of hydrogen-bond acceptors (Lipinski definition) is 3. The predicted molar refractivity (Wildman–Crippen MR) is 85.2 cm³/mol. The molecule has 4 nitrogen and oxygen atoms in total. The van der Waals surface area contributed by atoms with Crippen LogP contribution >= 0.6 is 12.4 Å². The summed E-state index contributed by atoms with van der Waals surface area (Å²) in [6.07, 6.45) is 3.87. The van der Waals surface area contributed by atoms with Gasteiger partial charge in [-0.25, -0.2) is 0 Å². The number of carbonyl (C=O) groups excluding carboxylic acids is 1. The number of rotatable bonds is 3. The van der Waals surface area contributed by atoms with E-state index in [1.165, 1.54) is 11.1 Å². The summed E-state index contributed by atoms with van der Waals surface area (Å²) in [5.74, 6) is 0.00368. The third kappa shape index (κ3) is 3.52. The summed E-state index contributed by atoms with van der Waals surface area (Å²) in [6, 6.07) is 12.0. The number of fused-ring (bicyclic) bond motifs is 1. The van der Waals surface area contributed by atoms with Gasteiger partial charge in [0.1, 0.15) is 0 Å². The number of aromatic nitrogens is 1. The van der Waals surface area contributed by atoms with E-state index in [0.29, 0.717) is 12.1 Å². The molecule has 0 aliphatic heterocycles. The largest absolute Gasteiger partial charge is 0.397 e. The van der Waals surface area contributed by atoms with E-state index in [4.69, 9.17) is 5.73 Å². The smallest absolute Gasteiger partial charge is 0.226 e. The Bertz CT molecular complexity index is 628. The molecule has 1 aromatic heterocycles. The van der Waals surface area contributed by atoms with Crippen molar-refractivity contribution in [3.05, 3.63) is 59.4 Å². The van der Waals surface area contributed by atoms with Crippen LogP contribution < -0.4 is 11.1 Å². The van der Waals surface area contributed by atoms with Crippen LogP contribution in [0.5, 0.6) is 0 Å². The molecule has 0 saturated heterocycles. The zero-order chi connectivity index (χ0) is 13.9. The van der Waals surface area contributed by atoms with E-state index >= 15 is 0 Å². The summed E-state index contributed by atoms with van der Waals surface area (Å²) >= 11 is 0. The zero-order valence-corrected chi connectivity index (χ0v) is 12.4. The fraction of sp³-hybridized carbons (Fsp3) is 0.250. The van der Waals surface area contributed by atoms with Crippen molar-refractivity contribution in [1.29, 1.82) is 0 Å². The Hall–Kier alpha value is -2.07. The molecule has 3 rings (SSSR count). The predicted octanol–water partition coefficient (Wildman–Crippen LogP) is 2.43. The molecule has 0 saturated carbocycles. The fourth-order valence-electron chi connectivity index (χ4n) is 2.66. The standard InChI is InChI=1S/C16H17N3O.ClH/c17-12-6-7-13(18-10-12)9-16(20)19-15-8-5-11-3-1-2-4-14(11)15;/h1-4,6-7,10,15H,5,8-9,17H2,(H,19,20);1H. The minimum absolute atomic E-state index is 0. The van der Waals surface area contributed by atoms with Gasteiger partial charge < -0.3 is 11.1 Å². The maximum Gasteiger partial charge on any atom is 0.226 e. The van der Waals surface area contributed by atoms with E-state index in [1.807, 2.05) is 12.1 Å². The van der Waals surface area contributed by atoms with Crippen LogP contribution in [0.3, 0.4) is 0 Å². The molecule has 21 heavy (non-hydrogen) atoms. The molecule has 1 unspecified atom stereocenters. The Kier molecular flexibility index (Phi) is 4.81. The number of hydrogen-bond donors (Lipinski definition) is 2. The summed E-state index contributed by atoms with van der Waals surface area (Å²) in [5, 5.41) is 3.09. The van der Waals surface area contributed by atoms with E-state index in [1.54, 1.807) is 18.3 Å². The Balaban J connectivity index is 0.00000161. The molecular weight excluding hydrogens is 286 g/mol. The van der Waals surface area contributed by atoms with Crippen LogP contribution in [0.2, 0.25) is 0 Å². The van der Waals surface area contributed by atoms with Crippen LogP contribution in [-0.4, -0.2) is 10.9 Å². The molecule has 0 spiro atoms. The Morgan fingerprint density at radius 2 is 2.10 bits per heavy atom. The third-order valence-corrected chi connectivity index (χ3v) is 3.66. The van der Waals surface area contributed by atoms with Crippen LogP contribution in [0.15, 0.2) is 42.6 Å². The lowest BCUT2D eigenvalue weighted by Crippen LogP contribution is -2.28. The lowest BCUT2D eigenvalue weighted by atomic mass is 10.1. The number of carbonyl (C=O) groups is 1. The maximum absolute atomic E-state index is 12.1. The fourth-order valence-corrected chi connectivity index (χ4v) is 2.66. The number of amides is 1. The van der Waals surface area contributed by atoms with Crippen LogP contribution in [0.25, 0.3) is 0 Å². The Morgan fingerprint density at radius 3 is 2.86 bits per heavy atom. The van der Waals surface area contributed by atoms with Crippen molar-refractivity contribution in [3.63, 3.8) is 0 Å². The van der Waals surface area contributed by atoms with Crippen molar-refractivity contribution < 1.29 is 4.79 Å². The first kappa shape index (κ1) is 15.3. The molecule has 1 heterocycles. The first-order valence-corrected chi connectivity index (χ1v) is 6.80. The first-order chi connectivity index (χ1) is 9.72. The van der Waals surface area contributed by atoms with Crippen LogP contribution in [0.1, 0.15) is 29.3 Å². The zero-order valence-electron chi connectivity index (χ0n) is 11.6. The number of nitrogens with two attached hydrogens (primary N) is 1. The van der Waals surface area contributed by atoms with E-state index in [0.717, 1.165) is 18.5 Å². The molecule has 1 atom stereocenters. The molecule has 1 aliphatic carbocycles. The molecule has 1 aromatic carbocycles. The number of anilines is 1. The van der Waals surface area contributed by atoms with Crippen LogP contribution in [-0.2, 0) is 17.6 Å². The Labute approximate surface area is 130 Å². The van der Waals surface area contributed by atoms with Gasteiger partial charge in [0, 0.05) is 5.69 Å². The lowest BCUT2D eigenvalue weighted by molar-refractivity contribution is -0.121. The molecule has 1 aliphatic rings. The number of halogens is 1. The van der Waals surface area contributed by atoms with Crippen molar-refractivity contribution in [3.8, 4) is 0 Å². The van der Waals surface area contributed by atoms with Gasteiger partial charge in [0.15, 0.2) is 0 Å². The number of nitrogens with one attached hydrogen (secondary N) is 1. The molecule has 3 N–H and O–H groups in total. The number of pyridine rings is 1. The third-order valence-electron chi connectivity index (χ3n) is 3.66. The topological polar surface area (TPSA) is 68.0 Å². The summed E-state index contributed by atoms with van der Waals surface area (Å²) in [4.78, 5) is 16.2. The van der Waals surface area contributed by atoms with Gasteiger partial charge in [-0.2, -0.15) is 0 Å². The van der Waals surface area contributed by atoms with Crippen molar-refractivity contribution in [2.45, 2.75) is 25.3 Å². The lowest BCUT2D eigenvalue weighted by Gasteiger charge is -2.14. The quantitative estimate of drug-likeness (QED) is 0.915. The first-order valence-electron chi connectivity index (χ1n) is 6.80. The van der Waals surface area contributed by atoms with Gasteiger partial charge in [-0.15, -0.1) is 12.4 Å². The van der Waals surface area contributed by atoms with Gasteiger partial charge in [0.05, 0.1) is 24.3 Å². The van der Waals surface area contributed by atoms with Crippen molar-refractivity contribution >= 4 is 24.0 Å². The van der Waals surface area contributed by atoms with Gasteiger partial charge in [0.25, 0.3) is 0 Å². The van der Waals surface area contributed by atoms with E-state index < -0.39 is 0 Å². The number of nitrogens with zero attached hydrogens (tertiary/aromatic N) is 1. The van der Waals surface area contributed by atoms with Gasteiger partial charge in [-0.1, -0.05) is 24.3 Å². The van der Waals surface area contributed by atoms with Crippen molar-refractivity contribution in [1.82, 2.24) is 10.3 Å². The summed E-state index contributed by atoms with van der Waals surface area (Å²) < 4.78 is 0. The van der Waals surface area contributed by atoms with Crippen LogP contribution in [0.4, 0.5) is 5.69 Å². The average molecular weight is 304 g/mol. The van der Waals surface area contributed by atoms with Gasteiger partial charge >= 0.3 is 0 Å². The Morgan fingerprint density at radius 1 is 1.29 bits per heavy atom. The highest BCUT2D eigenvalue weighted by atomic mass is 35.5. The summed E-state index contributed by atoms with van der Waals surface area (Å²) in [6.45, 7) is 0.